The van der Waals surface area contributed by atoms with Crippen molar-refractivity contribution in [2.45, 2.75) is 102 Å². The largest absolute Gasteiger partial charge is 0.429 e. The Hall–Kier alpha value is -1.09. The van der Waals surface area contributed by atoms with E-state index in [1.807, 2.05) is 6.92 Å². The number of carbonyl (C=O) groups excluding carboxylic acids is 1. The van der Waals surface area contributed by atoms with Crippen LogP contribution in [0.5, 0.6) is 0 Å². The van der Waals surface area contributed by atoms with Crippen LogP contribution in [0.3, 0.4) is 0 Å². The van der Waals surface area contributed by atoms with Gasteiger partial charge in [-0.15, -0.1) is 0 Å². The van der Waals surface area contributed by atoms with Gasteiger partial charge in [0.05, 0.1) is 5.60 Å². The molecular weight excluding hydrogens is 438 g/mol. The van der Waals surface area contributed by atoms with Crippen LogP contribution in [0.4, 0.5) is 26.3 Å². The molecule has 0 aromatic heterocycles. The van der Waals surface area contributed by atoms with Gasteiger partial charge < -0.3 is 10.2 Å². The highest BCUT2D eigenvalue weighted by Crippen LogP contribution is 2.55. The van der Waals surface area contributed by atoms with Crippen molar-refractivity contribution in [3.63, 3.8) is 0 Å². The van der Waals surface area contributed by atoms with E-state index in [1.54, 1.807) is 13.8 Å². The smallest absolute Gasteiger partial charge is 0.390 e. The number of alkyl halides is 6. The Morgan fingerprint density at radius 1 is 0.938 bits per heavy atom. The highest BCUT2D eigenvalue weighted by Gasteiger charge is 2.69. The average Bonchev–Trinajstić information content (AvgIpc) is 3.04. The third kappa shape index (κ3) is 5.88. The zero-order valence-electron chi connectivity index (χ0n) is 18.8. The minimum Gasteiger partial charge on any atom is -0.390 e. The molecule has 2 fully saturated rings. The summed E-state index contributed by atoms with van der Waals surface area (Å²) in [6.45, 7) is 5.12. The molecule has 0 radical (unpaired) electrons. The lowest BCUT2D eigenvalue weighted by molar-refractivity contribution is -0.347. The maximum Gasteiger partial charge on any atom is 0.429 e. The monoisotopic (exact) mass is 472 g/mol. The van der Waals surface area contributed by atoms with E-state index in [9.17, 15) is 41.4 Å². The van der Waals surface area contributed by atoms with Crippen molar-refractivity contribution in [3.8, 4) is 0 Å². The summed E-state index contributed by atoms with van der Waals surface area (Å²) in [5.41, 5.74) is -6.51. The first kappa shape index (κ1) is 27.2. The number of ketones is 1. The number of fused-ring (bicyclic) bond motifs is 1. The minimum atomic E-state index is -5.90. The van der Waals surface area contributed by atoms with E-state index in [0.29, 0.717) is 38.5 Å². The van der Waals surface area contributed by atoms with E-state index >= 15 is 0 Å². The Kier molecular flexibility index (Phi) is 7.87. The number of Topliss-reactive ketones (excluding diaryl/α,β-unsaturated/α-hetero) is 1. The van der Waals surface area contributed by atoms with Crippen molar-refractivity contribution in [3.05, 3.63) is 12.2 Å². The molecular formula is C23H34F6O3. The molecule has 0 aromatic rings. The van der Waals surface area contributed by atoms with Gasteiger partial charge in [-0.05, 0) is 82.1 Å². The number of allylic oxidation sites excluding steroid dienone is 1. The van der Waals surface area contributed by atoms with Crippen LogP contribution in [0.1, 0.15) is 78.6 Å². The quantitative estimate of drug-likeness (QED) is 0.330. The van der Waals surface area contributed by atoms with Crippen molar-refractivity contribution < 1.29 is 41.4 Å². The number of hydrogen-bond donors (Lipinski definition) is 2. The van der Waals surface area contributed by atoms with Crippen molar-refractivity contribution >= 4 is 5.78 Å². The van der Waals surface area contributed by atoms with E-state index in [0.717, 1.165) is 18.9 Å². The molecule has 186 valence electrons. The lowest BCUT2D eigenvalue weighted by Gasteiger charge is -2.41. The highest BCUT2D eigenvalue weighted by molar-refractivity contribution is 5.82. The Morgan fingerprint density at radius 2 is 1.53 bits per heavy atom. The van der Waals surface area contributed by atoms with Crippen LogP contribution >= 0.6 is 0 Å². The SMILES string of the molecule is CC(C)(O)CCC[C@@](C)(C/C=C/C(O)(C(F)(F)F)C(F)(F)F)C1CCC2C(=O)CCCC21. The van der Waals surface area contributed by atoms with Crippen molar-refractivity contribution in [2.24, 2.45) is 23.2 Å². The molecule has 2 rings (SSSR count). The van der Waals surface area contributed by atoms with Crippen LogP contribution in [0.25, 0.3) is 0 Å². The summed E-state index contributed by atoms with van der Waals surface area (Å²) in [5, 5.41) is 19.5. The van der Waals surface area contributed by atoms with E-state index in [2.05, 4.69) is 0 Å². The van der Waals surface area contributed by atoms with Crippen molar-refractivity contribution in [2.75, 3.05) is 0 Å². The summed E-state index contributed by atoms with van der Waals surface area (Å²) in [6, 6.07) is 0. The van der Waals surface area contributed by atoms with E-state index in [-0.39, 0.29) is 36.0 Å². The molecule has 9 heteroatoms. The molecule has 2 aliphatic carbocycles. The molecule has 3 nitrogen and oxygen atoms in total. The van der Waals surface area contributed by atoms with Crippen molar-refractivity contribution in [1.29, 1.82) is 0 Å². The summed E-state index contributed by atoms with van der Waals surface area (Å²) < 4.78 is 78.2. The normalized spacial score (nSPS) is 27.6. The molecule has 0 amide bonds. The van der Waals surface area contributed by atoms with Gasteiger partial charge in [-0.25, -0.2) is 0 Å². The summed E-state index contributed by atoms with van der Waals surface area (Å²) in [7, 11) is 0. The van der Waals surface area contributed by atoms with Gasteiger partial charge in [-0.2, -0.15) is 26.3 Å². The van der Waals surface area contributed by atoms with Gasteiger partial charge in [-0.3, -0.25) is 4.79 Å². The van der Waals surface area contributed by atoms with E-state index in [4.69, 9.17) is 0 Å². The maximum absolute atomic E-state index is 13.0. The number of rotatable bonds is 8. The summed E-state index contributed by atoms with van der Waals surface area (Å²) in [5.74, 6) is 0.157. The second kappa shape index (κ2) is 9.28. The van der Waals surface area contributed by atoms with Crippen LogP contribution in [0.15, 0.2) is 12.2 Å². The molecule has 2 aliphatic rings. The Labute approximate surface area is 185 Å². The second-order valence-corrected chi connectivity index (χ2v) is 10.5. The van der Waals surface area contributed by atoms with Gasteiger partial charge in [0.2, 0.25) is 0 Å². The summed E-state index contributed by atoms with van der Waals surface area (Å²) in [4.78, 5) is 12.3. The molecule has 0 aromatic carbocycles. The Morgan fingerprint density at radius 3 is 2.06 bits per heavy atom. The zero-order chi connectivity index (χ0) is 24.6. The van der Waals surface area contributed by atoms with Crippen LogP contribution in [-0.2, 0) is 4.79 Å². The van der Waals surface area contributed by atoms with Gasteiger partial charge >= 0.3 is 12.4 Å². The first-order valence-corrected chi connectivity index (χ1v) is 11.2. The lowest BCUT2D eigenvalue weighted by Crippen LogP contribution is -2.55. The van der Waals surface area contributed by atoms with E-state index in [1.165, 1.54) is 0 Å². The third-order valence-corrected chi connectivity index (χ3v) is 7.44. The molecule has 4 atom stereocenters. The number of halogens is 6. The standard InChI is InChI=1S/C23H34F6O3/c1-19(2,31)11-5-12-20(3,17-10-9-16-15(17)7-4-8-18(16)30)13-6-14-21(32,22(24,25)26)23(27,28)29/h6,14-17,31-32H,4-5,7-13H2,1-3H3/b14-6+/t15?,16?,17?,20-/m0/s1. The number of carbonyl (C=O) groups is 1. The van der Waals surface area contributed by atoms with Gasteiger partial charge in [-0.1, -0.05) is 19.4 Å². The molecule has 0 heterocycles. The fourth-order valence-electron chi connectivity index (χ4n) is 5.64. The van der Waals surface area contributed by atoms with Crippen LogP contribution in [0, 0.1) is 23.2 Å². The van der Waals surface area contributed by atoms with Gasteiger partial charge in [0.25, 0.3) is 5.60 Å². The summed E-state index contributed by atoms with van der Waals surface area (Å²) >= 11 is 0. The topological polar surface area (TPSA) is 57.5 Å². The van der Waals surface area contributed by atoms with E-state index < -0.39 is 29.0 Å². The first-order valence-electron chi connectivity index (χ1n) is 11.2. The highest BCUT2D eigenvalue weighted by atomic mass is 19.4. The van der Waals surface area contributed by atoms with Crippen LogP contribution < -0.4 is 0 Å². The molecule has 32 heavy (non-hydrogen) atoms. The lowest BCUT2D eigenvalue weighted by atomic mass is 9.63. The fourth-order valence-corrected chi connectivity index (χ4v) is 5.64. The third-order valence-electron chi connectivity index (χ3n) is 7.44. The summed E-state index contributed by atoms with van der Waals surface area (Å²) in [6.07, 6.45) is -6.34. The van der Waals surface area contributed by atoms with Crippen LogP contribution in [-0.4, -0.2) is 39.6 Å². The average molecular weight is 473 g/mol. The maximum atomic E-state index is 13.0. The Bertz CT molecular complexity index is 677. The molecule has 0 aliphatic heterocycles. The van der Waals surface area contributed by atoms with Crippen molar-refractivity contribution in [1.82, 2.24) is 0 Å². The molecule has 0 bridgehead atoms. The minimum absolute atomic E-state index is 0.0203. The van der Waals surface area contributed by atoms with Gasteiger partial charge in [0.15, 0.2) is 0 Å². The first-order chi connectivity index (χ1) is 14.4. The van der Waals surface area contributed by atoms with Crippen LogP contribution in [0.2, 0.25) is 0 Å². The molecule has 0 spiro atoms. The fraction of sp³-hybridized carbons (Fsp3) is 0.870. The van der Waals surface area contributed by atoms with Gasteiger partial charge in [0.1, 0.15) is 5.78 Å². The molecule has 3 unspecified atom stereocenters. The predicted octanol–water partition coefficient (Wildman–Crippen LogP) is 6.13. The van der Waals surface area contributed by atoms with Gasteiger partial charge in [0, 0.05) is 12.3 Å². The Balaban J connectivity index is 2.29. The zero-order valence-corrected chi connectivity index (χ0v) is 18.8. The number of hydrogen-bond acceptors (Lipinski definition) is 3. The second-order valence-electron chi connectivity index (χ2n) is 10.5. The molecule has 2 N–H and O–H groups in total. The predicted molar refractivity (Wildman–Crippen MR) is 108 cm³/mol. The molecule has 2 saturated carbocycles. The number of aliphatic hydroxyl groups is 2. The molecule has 0 saturated heterocycles.